The average Bonchev–Trinajstić information content (AvgIpc) is 3.23. The fourth-order valence-corrected chi connectivity index (χ4v) is 3.63. The Morgan fingerprint density at radius 3 is 2.46 bits per heavy atom. The van der Waals surface area contributed by atoms with Gasteiger partial charge in [0.1, 0.15) is 6.04 Å². The minimum atomic E-state index is -0.627. The van der Waals surface area contributed by atoms with Gasteiger partial charge in [-0.2, -0.15) is 0 Å². The van der Waals surface area contributed by atoms with Gasteiger partial charge in [-0.15, -0.1) is 0 Å². The highest BCUT2D eigenvalue weighted by atomic mass is 16.5. The van der Waals surface area contributed by atoms with Crippen LogP contribution in [0.1, 0.15) is 43.8 Å². The van der Waals surface area contributed by atoms with E-state index in [2.05, 4.69) is 0 Å². The van der Waals surface area contributed by atoms with Crippen LogP contribution in [0.2, 0.25) is 0 Å². The van der Waals surface area contributed by atoms with E-state index >= 15 is 0 Å². The predicted molar refractivity (Wildman–Crippen MR) is 91.3 cm³/mol. The fourth-order valence-electron chi connectivity index (χ4n) is 3.63. The maximum atomic E-state index is 13.1. The zero-order valence-corrected chi connectivity index (χ0v) is 14.5. The highest BCUT2D eigenvalue weighted by Gasteiger charge is 2.38. The Bertz CT molecular complexity index is 584. The summed E-state index contributed by atoms with van der Waals surface area (Å²) in [5, 5.41) is 0. The van der Waals surface area contributed by atoms with E-state index in [1.807, 2.05) is 30.3 Å². The molecule has 1 aromatic carbocycles. The van der Waals surface area contributed by atoms with Crippen LogP contribution < -0.4 is 0 Å². The maximum absolute atomic E-state index is 13.1. The summed E-state index contributed by atoms with van der Waals surface area (Å²) >= 11 is 0. The first kappa shape index (κ1) is 17.0. The Labute approximate surface area is 143 Å². The average molecular weight is 330 g/mol. The van der Waals surface area contributed by atoms with Crippen LogP contribution in [-0.2, 0) is 14.3 Å². The third-order valence-corrected chi connectivity index (χ3v) is 5.17. The number of nitrogens with zero attached hydrogens (tertiary/aromatic N) is 2. The fraction of sp³-hybridized carbons (Fsp3) is 0.579. The summed E-state index contributed by atoms with van der Waals surface area (Å²) in [5.41, 5.74) is 0.861. The highest BCUT2D eigenvalue weighted by Crippen LogP contribution is 2.30. The topological polar surface area (TPSA) is 49.9 Å². The van der Waals surface area contributed by atoms with Gasteiger partial charge in [0.2, 0.25) is 5.91 Å². The number of hydrogen-bond acceptors (Lipinski definition) is 3. The molecule has 130 valence electrons. The van der Waals surface area contributed by atoms with E-state index < -0.39 is 6.10 Å². The molecular weight excluding hydrogens is 304 g/mol. The number of amides is 2. The van der Waals surface area contributed by atoms with Gasteiger partial charge in [0.25, 0.3) is 5.91 Å². The first-order chi connectivity index (χ1) is 11.6. The van der Waals surface area contributed by atoms with Gasteiger partial charge in [-0.1, -0.05) is 43.2 Å². The van der Waals surface area contributed by atoms with Crippen molar-refractivity contribution in [1.82, 2.24) is 9.80 Å². The molecule has 5 nitrogen and oxygen atoms in total. The molecule has 1 aliphatic heterocycles. The first-order valence-electron chi connectivity index (χ1n) is 8.80. The molecule has 0 radical (unpaired) electrons. The van der Waals surface area contributed by atoms with Gasteiger partial charge < -0.3 is 14.5 Å². The van der Waals surface area contributed by atoms with Gasteiger partial charge in [-0.25, -0.2) is 0 Å². The molecule has 1 saturated heterocycles. The number of ether oxygens (including phenoxy) is 1. The van der Waals surface area contributed by atoms with E-state index in [-0.39, 0.29) is 24.0 Å². The smallest absolute Gasteiger partial charge is 0.256 e. The summed E-state index contributed by atoms with van der Waals surface area (Å²) in [6, 6.07) is 9.24. The zero-order valence-electron chi connectivity index (χ0n) is 14.5. The Morgan fingerprint density at radius 2 is 1.88 bits per heavy atom. The van der Waals surface area contributed by atoms with Crippen LogP contribution in [0, 0.1) is 0 Å². The van der Waals surface area contributed by atoms with Crippen molar-refractivity contribution in [3.63, 3.8) is 0 Å². The molecule has 2 atom stereocenters. The number of benzene rings is 1. The quantitative estimate of drug-likeness (QED) is 0.833. The van der Waals surface area contributed by atoms with Gasteiger partial charge in [0.05, 0.1) is 6.10 Å². The standard InChI is InChI=1S/C19H26N2O3/c1-20-13-12-16(18(20)22)21(2)19(23)17(14-8-4-3-5-9-14)24-15-10-6-7-11-15/h3-5,8-9,15-17H,6-7,10-13H2,1-2H3/t16-,17-/m1/s1. The Balaban J connectivity index is 1.78. The third-order valence-electron chi connectivity index (χ3n) is 5.17. The molecule has 1 saturated carbocycles. The van der Waals surface area contributed by atoms with Crippen molar-refractivity contribution < 1.29 is 14.3 Å². The van der Waals surface area contributed by atoms with Crippen molar-refractivity contribution in [2.45, 2.75) is 50.4 Å². The molecule has 1 aliphatic carbocycles. The molecule has 2 fully saturated rings. The number of likely N-dealkylation sites (N-methyl/N-ethyl adjacent to an activating group) is 2. The van der Waals surface area contributed by atoms with E-state index in [4.69, 9.17) is 4.74 Å². The molecule has 1 heterocycles. The SMILES string of the molecule is CN1CC[C@@H](N(C)C(=O)[C@H](OC2CCCC2)c2ccccc2)C1=O. The molecule has 0 unspecified atom stereocenters. The molecule has 0 bridgehead atoms. The number of carbonyl (C=O) groups excluding carboxylic acids is 2. The second-order valence-electron chi connectivity index (χ2n) is 6.85. The van der Waals surface area contributed by atoms with Gasteiger partial charge in [-0.3, -0.25) is 9.59 Å². The molecule has 0 N–H and O–H groups in total. The van der Waals surface area contributed by atoms with E-state index in [0.29, 0.717) is 13.0 Å². The van der Waals surface area contributed by atoms with Crippen LogP contribution in [-0.4, -0.2) is 54.4 Å². The maximum Gasteiger partial charge on any atom is 0.256 e. The van der Waals surface area contributed by atoms with E-state index in [1.165, 1.54) is 0 Å². The van der Waals surface area contributed by atoms with Crippen LogP contribution in [0.25, 0.3) is 0 Å². The highest BCUT2D eigenvalue weighted by molar-refractivity contribution is 5.90. The van der Waals surface area contributed by atoms with Gasteiger partial charge >= 0.3 is 0 Å². The van der Waals surface area contributed by atoms with Crippen molar-refractivity contribution >= 4 is 11.8 Å². The largest absolute Gasteiger partial charge is 0.360 e. The molecule has 2 aliphatic rings. The molecule has 24 heavy (non-hydrogen) atoms. The van der Waals surface area contributed by atoms with Crippen LogP contribution in [0.3, 0.4) is 0 Å². The lowest BCUT2D eigenvalue weighted by molar-refractivity contribution is -0.152. The summed E-state index contributed by atoms with van der Waals surface area (Å²) in [6.07, 6.45) is 4.51. The van der Waals surface area contributed by atoms with E-state index in [1.54, 1.807) is 23.9 Å². The number of rotatable bonds is 5. The Morgan fingerprint density at radius 1 is 1.21 bits per heavy atom. The number of hydrogen-bond donors (Lipinski definition) is 0. The van der Waals surface area contributed by atoms with Gasteiger partial charge in [-0.05, 0) is 24.8 Å². The third kappa shape index (κ3) is 3.46. The van der Waals surface area contributed by atoms with E-state index in [0.717, 1.165) is 31.2 Å². The molecule has 0 aromatic heterocycles. The van der Waals surface area contributed by atoms with Crippen molar-refractivity contribution in [2.75, 3.05) is 20.6 Å². The van der Waals surface area contributed by atoms with Crippen molar-refractivity contribution in [1.29, 1.82) is 0 Å². The van der Waals surface area contributed by atoms with Crippen LogP contribution in [0.15, 0.2) is 30.3 Å². The Hall–Kier alpha value is -1.88. The van der Waals surface area contributed by atoms with E-state index in [9.17, 15) is 9.59 Å². The molecular formula is C19H26N2O3. The number of carbonyl (C=O) groups is 2. The minimum Gasteiger partial charge on any atom is -0.360 e. The first-order valence-corrected chi connectivity index (χ1v) is 8.80. The monoisotopic (exact) mass is 330 g/mol. The summed E-state index contributed by atoms with van der Waals surface area (Å²) in [5.74, 6) is -0.111. The predicted octanol–water partition coefficient (Wildman–Crippen LogP) is 2.38. The summed E-state index contributed by atoms with van der Waals surface area (Å²) in [4.78, 5) is 28.6. The van der Waals surface area contributed by atoms with Crippen LogP contribution in [0.5, 0.6) is 0 Å². The normalized spacial score (nSPS) is 22.8. The van der Waals surface area contributed by atoms with Crippen LogP contribution in [0.4, 0.5) is 0 Å². The lowest BCUT2D eigenvalue weighted by Crippen LogP contribution is -2.45. The lowest BCUT2D eigenvalue weighted by Gasteiger charge is -2.29. The zero-order chi connectivity index (χ0) is 17.1. The van der Waals surface area contributed by atoms with Gasteiger partial charge in [0, 0.05) is 20.6 Å². The number of likely N-dealkylation sites (tertiary alicyclic amines) is 1. The van der Waals surface area contributed by atoms with Gasteiger partial charge in [0.15, 0.2) is 6.10 Å². The minimum absolute atomic E-state index is 0.0125. The summed E-state index contributed by atoms with van der Waals surface area (Å²) in [7, 11) is 3.50. The van der Waals surface area contributed by atoms with Crippen molar-refractivity contribution in [3.05, 3.63) is 35.9 Å². The lowest BCUT2D eigenvalue weighted by atomic mass is 10.1. The molecule has 0 spiro atoms. The summed E-state index contributed by atoms with van der Waals surface area (Å²) in [6.45, 7) is 0.695. The second kappa shape index (κ2) is 7.34. The molecule has 5 heteroatoms. The molecule has 3 rings (SSSR count). The second-order valence-corrected chi connectivity index (χ2v) is 6.85. The molecule has 1 aromatic rings. The summed E-state index contributed by atoms with van der Waals surface area (Å²) < 4.78 is 6.19. The molecule has 2 amide bonds. The van der Waals surface area contributed by atoms with Crippen LogP contribution >= 0.6 is 0 Å². The van der Waals surface area contributed by atoms with Crippen molar-refractivity contribution in [2.24, 2.45) is 0 Å². The van der Waals surface area contributed by atoms with Crippen molar-refractivity contribution in [3.8, 4) is 0 Å². The Kier molecular flexibility index (Phi) is 5.19.